The van der Waals surface area contributed by atoms with Gasteiger partial charge in [-0.3, -0.25) is 24.2 Å². The Labute approximate surface area is 239 Å². The number of carbonyl (C=O) groups excluding carboxylic acids is 2. The number of nitrogens with zero attached hydrogens (tertiary/aromatic N) is 3. The molecule has 41 heavy (non-hydrogen) atoms. The minimum Gasteiger partial charge on any atom is -0.495 e. The average Bonchev–Trinajstić information content (AvgIpc) is 3.01. The Morgan fingerprint density at radius 2 is 1.63 bits per heavy atom. The van der Waals surface area contributed by atoms with Gasteiger partial charge in [-0.05, 0) is 44.2 Å². The molecular weight excluding hydrogens is 518 g/mol. The van der Waals surface area contributed by atoms with Crippen molar-refractivity contribution >= 4 is 28.5 Å². The number of benzene rings is 3. The number of carbonyl (C=O) groups is 2. The highest BCUT2D eigenvalue weighted by Crippen LogP contribution is 2.29. The molecule has 4 aromatic rings. The maximum Gasteiger partial charge on any atom is 0.264 e. The fourth-order valence-electron chi connectivity index (χ4n) is 5.45. The fourth-order valence-corrected chi connectivity index (χ4v) is 5.45. The molecular formula is C33H35N3O5. The topological polar surface area (TPSA) is 83.3 Å². The maximum absolute atomic E-state index is 13.7. The highest BCUT2D eigenvalue weighted by Gasteiger charge is 2.25. The molecule has 0 saturated carbocycles. The zero-order valence-electron chi connectivity index (χ0n) is 23.8. The van der Waals surface area contributed by atoms with Gasteiger partial charge in [0.25, 0.3) is 5.91 Å². The van der Waals surface area contributed by atoms with Crippen LogP contribution in [0.15, 0.2) is 82.0 Å². The number of piperazine rings is 1. The largest absolute Gasteiger partial charge is 0.495 e. The van der Waals surface area contributed by atoms with E-state index in [1.807, 2.05) is 48.5 Å². The van der Waals surface area contributed by atoms with E-state index in [1.54, 1.807) is 32.2 Å². The van der Waals surface area contributed by atoms with Crippen LogP contribution in [0.2, 0.25) is 0 Å². The lowest BCUT2D eigenvalue weighted by Gasteiger charge is -2.36. The zero-order valence-corrected chi connectivity index (χ0v) is 23.8. The predicted molar refractivity (Wildman–Crippen MR) is 161 cm³/mol. The number of hydrogen-bond donors (Lipinski definition) is 0. The predicted octanol–water partition coefficient (Wildman–Crippen LogP) is 4.98. The highest BCUT2D eigenvalue weighted by atomic mass is 16.5. The molecule has 3 aromatic carbocycles. The van der Waals surface area contributed by atoms with Crippen LogP contribution in [-0.2, 0) is 4.79 Å². The van der Waals surface area contributed by atoms with Gasteiger partial charge >= 0.3 is 0 Å². The van der Waals surface area contributed by atoms with Crippen molar-refractivity contribution in [2.45, 2.75) is 20.3 Å². The molecule has 0 unspecified atom stereocenters. The first kappa shape index (κ1) is 28.1. The minimum atomic E-state index is -0.463. The molecule has 8 nitrogen and oxygen atoms in total. The molecule has 1 saturated heterocycles. The molecule has 0 N–H and O–H groups in total. The van der Waals surface area contributed by atoms with Crippen LogP contribution in [0, 0.1) is 6.92 Å². The third-order valence-electron chi connectivity index (χ3n) is 7.69. The van der Waals surface area contributed by atoms with Crippen molar-refractivity contribution in [3.05, 3.63) is 94.1 Å². The maximum atomic E-state index is 13.7. The molecule has 212 valence electrons. The third-order valence-corrected chi connectivity index (χ3v) is 7.69. The first-order valence-electron chi connectivity index (χ1n) is 13.9. The summed E-state index contributed by atoms with van der Waals surface area (Å²) in [5.41, 5.74) is 2.53. The van der Waals surface area contributed by atoms with E-state index >= 15 is 0 Å². The van der Waals surface area contributed by atoms with Crippen molar-refractivity contribution in [2.75, 3.05) is 51.3 Å². The Kier molecular flexibility index (Phi) is 8.50. The van der Waals surface area contributed by atoms with Crippen molar-refractivity contribution in [2.24, 2.45) is 0 Å². The molecule has 0 bridgehead atoms. The summed E-state index contributed by atoms with van der Waals surface area (Å²) in [5.74, 6) is 0.484. The fraction of sp³-hybridized carbons (Fsp3) is 0.303. The molecule has 0 spiro atoms. The molecule has 1 aliphatic heterocycles. The van der Waals surface area contributed by atoms with Gasteiger partial charge in [0.2, 0.25) is 5.91 Å². The Morgan fingerprint density at radius 3 is 2.34 bits per heavy atom. The second kappa shape index (κ2) is 12.4. The normalized spacial score (nSPS) is 13.8. The Morgan fingerprint density at radius 1 is 0.927 bits per heavy atom. The van der Waals surface area contributed by atoms with E-state index in [2.05, 4.69) is 15.9 Å². The molecule has 2 amide bonds. The third kappa shape index (κ3) is 5.88. The van der Waals surface area contributed by atoms with Crippen molar-refractivity contribution < 1.29 is 18.7 Å². The second-order valence-corrected chi connectivity index (χ2v) is 10.3. The molecule has 1 aliphatic rings. The summed E-state index contributed by atoms with van der Waals surface area (Å²) in [5, 5.41) is 0.324. The number of fused-ring (bicyclic) bond motifs is 1. The molecule has 2 heterocycles. The van der Waals surface area contributed by atoms with Crippen LogP contribution in [0.5, 0.6) is 5.75 Å². The summed E-state index contributed by atoms with van der Waals surface area (Å²) < 4.78 is 11.7. The molecule has 0 radical (unpaired) electrons. The number of ether oxygens (including phenoxy) is 1. The van der Waals surface area contributed by atoms with Gasteiger partial charge in [0, 0.05) is 50.8 Å². The van der Waals surface area contributed by atoms with Crippen molar-refractivity contribution in [1.82, 2.24) is 9.80 Å². The standard InChI is InChI=1S/C33H35N3O5/c1-23-30(38)26-13-9-14-27(32(26)41-31(23)25-11-5-4-6-12-25)33(39)36(24(2)37)18-10-17-34-19-21-35(22-20-34)28-15-7-8-16-29(28)40-3/h4-9,11-16H,10,17-22H2,1-3H3. The smallest absolute Gasteiger partial charge is 0.264 e. The number of rotatable bonds is 8. The summed E-state index contributed by atoms with van der Waals surface area (Å²) in [4.78, 5) is 45.5. The molecule has 1 aromatic heterocycles. The number of para-hydroxylation sites is 3. The highest BCUT2D eigenvalue weighted by molar-refractivity contribution is 6.10. The zero-order chi connectivity index (χ0) is 28.9. The summed E-state index contributed by atoms with van der Waals surface area (Å²) in [7, 11) is 1.69. The van der Waals surface area contributed by atoms with Crippen LogP contribution < -0.4 is 15.1 Å². The Bertz CT molecular complexity index is 1610. The quantitative estimate of drug-likeness (QED) is 0.304. The summed E-state index contributed by atoms with van der Waals surface area (Å²) >= 11 is 0. The van der Waals surface area contributed by atoms with Crippen LogP contribution in [0.25, 0.3) is 22.3 Å². The van der Waals surface area contributed by atoms with Gasteiger partial charge in [-0.1, -0.05) is 48.5 Å². The first-order chi connectivity index (χ1) is 19.9. The van der Waals surface area contributed by atoms with Gasteiger partial charge in [0.05, 0.1) is 23.7 Å². The monoisotopic (exact) mass is 553 g/mol. The molecule has 0 atom stereocenters. The Hall–Kier alpha value is -4.43. The summed E-state index contributed by atoms with van der Waals surface area (Å²) in [6.45, 7) is 7.65. The molecule has 5 rings (SSSR count). The summed E-state index contributed by atoms with van der Waals surface area (Å²) in [6, 6.07) is 22.3. The number of anilines is 1. The number of methoxy groups -OCH3 is 1. The molecule has 8 heteroatoms. The Balaban J connectivity index is 1.29. The van der Waals surface area contributed by atoms with E-state index in [4.69, 9.17) is 9.15 Å². The van der Waals surface area contributed by atoms with Crippen LogP contribution >= 0.6 is 0 Å². The summed E-state index contributed by atoms with van der Waals surface area (Å²) in [6.07, 6.45) is 0.642. The van der Waals surface area contributed by atoms with E-state index in [-0.39, 0.29) is 29.0 Å². The van der Waals surface area contributed by atoms with Crippen molar-refractivity contribution in [3.63, 3.8) is 0 Å². The lowest BCUT2D eigenvalue weighted by molar-refractivity contribution is -0.126. The number of amides is 2. The van der Waals surface area contributed by atoms with Gasteiger partial charge < -0.3 is 14.1 Å². The van der Waals surface area contributed by atoms with Gasteiger partial charge in [-0.15, -0.1) is 0 Å². The van der Waals surface area contributed by atoms with Crippen molar-refractivity contribution in [1.29, 1.82) is 0 Å². The first-order valence-corrected chi connectivity index (χ1v) is 13.9. The van der Waals surface area contributed by atoms with Gasteiger partial charge in [0.15, 0.2) is 11.0 Å². The lowest BCUT2D eigenvalue weighted by Crippen LogP contribution is -2.47. The van der Waals surface area contributed by atoms with Gasteiger partial charge in [-0.2, -0.15) is 0 Å². The van der Waals surface area contributed by atoms with Crippen molar-refractivity contribution in [3.8, 4) is 17.1 Å². The molecule has 1 fully saturated rings. The van der Waals surface area contributed by atoms with E-state index in [1.165, 1.54) is 11.8 Å². The van der Waals surface area contributed by atoms with E-state index in [0.29, 0.717) is 23.1 Å². The van der Waals surface area contributed by atoms with E-state index < -0.39 is 5.91 Å². The van der Waals surface area contributed by atoms with Crippen LogP contribution in [0.3, 0.4) is 0 Å². The van der Waals surface area contributed by atoms with Gasteiger partial charge in [-0.25, -0.2) is 0 Å². The van der Waals surface area contributed by atoms with Gasteiger partial charge in [0.1, 0.15) is 11.5 Å². The number of hydrogen-bond acceptors (Lipinski definition) is 7. The average molecular weight is 554 g/mol. The van der Waals surface area contributed by atoms with Crippen LogP contribution in [0.1, 0.15) is 29.3 Å². The minimum absolute atomic E-state index is 0.193. The number of imide groups is 1. The lowest BCUT2D eigenvalue weighted by atomic mass is 10.0. The van der Waals surface area contributed by atoms with Crippen LogP contribution in [-0.4, -0.2) is 68.0 Å². The molecule has 0 aliphatic carbocycles. The van der Waals surface area contributed by atoms with E-state index in [9.17, 15) is 14.4 Å². The van der Waals surface area contributed by atoms with E-state index in [0.717, 1.165) is 49.7 Å². The van der Waals surface area contributed by atoms with Crippen LogP contribution in [0.4, 0.5) is 5.69 Å². The SMILES string of the molecule is COc1ccccc1N1CCN(CCCN(C(C)=O)C(=O)c2cccc3c(=O)c(C)c(-c4ccccc4)oc23)CC1. The second-order valence-electron chi connectivity index (χ2n) is 10.3.